The largest absolute Gasteiger partial charge is 0.386 e. The Bertz CT molecular complexity index is 780. The van der Waals surface area contributed by atoms with Gasteiger partial charge in [0.15, 0.2) is 0 Å². The first-order valence-corrected chi connectivity index (χ1v) is 8.76. The molecule has 4 rings (SSSR count). The molecule has 0 bridgehead atoms. The molecule has 1 saturated heterocycles. The zero-order valence-corrected chi connectivity index (χ0v) is 14.1. The number of hydrogen-bond acceptors (Lipinski definition) is 5. The minimum atomic E-state index is -0.941. The van der Waals surface area contributed by atoms with Gasteiger partial charge < -0.3 is 15.3 Å². The lowest BCUT2D eigenvalue weighted by Gasteiger charge is -2.24. The molecule has 0 spiro atoms. The van der Waals surface area contributed by atoms with Crippen molar-refractivity contribution in [2.24, 2.45) is 0 Å². The summed E-state index contributed by atoms with van der Waals surface area (Å²) in [7, 11) is 0. The van der Waals surface area contributed by atoms with E-state index in [4.69, 9.17) is 0 Å². The second kappa shape index (κ2) is 6.44. The van der Waals surface area contributed by atoms with Crippen LogP contribution in [0.1, 0.15) is 34.3 Å². The number of aryl methyl sites for hydroxylation is 2. The first kappa shape index (κ1) is 16.0. The van der Waals surface area contributed by atoms with Crippen LogP contribution in [0.5, 0.6) is 0 Å². The Morgan fingerprint density at radius 3 is 3.00 bits per heavy atom. The summed E-state index contributed by atoms with van der Waals surface area (Å²) in [6, 6.07) is 5.92. The van der Waals surface area contributed by atoms with Crippen molar-refractivity contribution in [1.82, 2.24) is 15.3 Å². The van der Waals surface area contributed by atoms with Crippen molar-refractivity contribution >= 4 is 11.7 Å². The molecule has 1 unspecified atom stereocenters. The van der Waals surface area contributed by atoms with Gasteiger partial charge in [0.25, 0.3) is 5.91 Å². The highest BCUT2D eigenvalue weighted by Crippen LogP contribution is 2.25. The predicted octanol–water partition coefficient (Wildman–Crippen LogP) is 1.34. The molecule has 1 amide bonds. The molecule has 6 heteroatoms. The van der Waals surface area contributed by atoms with E-state index in [1.165, 1.54) is 17.5 Å². The molecule has 1 aliphatic carbocycles. The van der Waals surface area contributed by atoms with E-state index < -0.39 is 5.60 Å². The first-order valence-electron chi connectivity index (χ1n) is 8.76. The van der Waals surface area contributed by atoms with Gasteiger partial charge in [0, 0.05) is 37.6 Å². The summed E-state index contributed by atoms with van der Waals surface area (Å²) in [6.07, 6.45) is 8.87. The average molecular weight is 338 g/mol. The molecule has 1 aliphatic heterocycles. The van der Waals surface area contributed by atoms with Gasteiger partial charge in [-0.05, 0) is 48.9 Å². The third-order valence-corrected chi connectivity index (χ3v) is 5.14. The predicted molar refractivity (Wildman–Crippen MR) is 94.6 cm³/mol. The molecular weight excluding hydrogens is 316 g/mol. The van der Waals surface area contributed by atoms with Crippen LogP contribution in [0.2, 0.25) is 0 Å². The van der Waals surface area contributed by atoms with Gasteiger partial charge in [-0.25, -0.2) is 4.98 Å². The number of aliphatic hydroxyl groups is 1. The van der Waals surface area contributed by atoms with Crippen molar-refractivity contribution in [2.45, 2.75) is 31.3 Å². The smallest absolute Gasteiger partial charge is 0.251 e. The van der Waals surface area contributed by atoms with Crippen LogP contribution in [-0.4, -0.2) is 46.2 Å². The van der Waals surface area contributed by atoms with Crippen molar-refractivity contribution in [3.8, 4) is 0 Å². The summed E-state index contributed by atoms with van der Waals surface area (Å²) in [5.41, 5.74) is 2.36. The highest BCUT2D eigenvalue weighted by atomic mass is 16.3. The number of nitrogens with one attached hydrogen (secondary N) is 1. The van der Waals surface area contributed by atoms with Gasteiger partial charge in [0.1, 0.15) is 11.4 Å². The molecule has 2 aromatic rings. The van der Waals surface area contributed by atoms with Crippen LogP contribution in [0.4, 0.5) is 5.82 Å². The molecule has 2 aliphatic rings. The third kappa shape index (κ3) is 3.35. The highest BCUT2D eigenvalue weighted by Gasteiger charge is 2.37. The summed E-state index contributed by atoms with van der Waals surface area (Å²) < 4.78 is 0. The molecule has 25 heavy (non-hydrogen) atoms. The quantitative estimate of drug-likeness (QED) is 0.879. The number of β-amino-alcohol motifs (C(OH)–C–C–N with tert-alkyl or cyclic N) is 1. The van der Waals surface area contributed by atoms with Crippen LogP contribution >= 0.6 is 0 Å². The molecule has 1 aromatic carbocycles. The summed E-state index contributed by atoms with van der Waals surface area (Å²) in [5, 5.41) is 13.7. The number of carbonyl (C=O) groups excluding carboxylic acids is 1. The van der Waals surface area contributed by atoms with E-state index in [0.717, 1.165) is 18.7 Å². The summed E-state index contributed by atoms with van der Waals surface area (Å²) in [4.78, 5) is 22.8. The van der Waals surface area contributed by atoms with E-state index >= 15 is 0 Å². The Hall–Kier alpha value is -2.47. The number of benzene rings is 1. The van der Waals surface area contributed by atoms with Gasteiger partial charge in [-0.15, -0.1) is 0 Å². The zero-order chi connectivity index (χ0) is 17.3. The maximum Gasteiger partial charge on any atom is 0.251 e. The van der Waals surface area contributed by atoms with Crippen molar-refractivity contribution in [2.75, 3.05) is 24.5 Å². The monoisotopic (exact) mass is 338 g/mol. The third-order valence-electron chi connectivity index (χ3n) is 5.14. The number of rotatable bonds is 4. The van der Waals surface area contributed by atoms with E-state index in [-0.39, 0.29) is 12.5 Å². The van der Waals surface area contributed by atoms with Gasteiger partial charge in [0.2, 0.25) is 0 Å². The standard InChI is InChI=1S/C19H22N4O2/c24-18(16-5-4-14-2-1-3-15(14)10-16)22-12-19(25)6-9-23(13-19)17-11-20-7-8-21-17/h4-5,7-8,10-11,25H,1-3,6,9,12-13H2,(H,22,24). The maximum atomic E-state index is 12.4. The number of amides is 1. The fourth-order valence-corrected chi connectivity index (χ4v) is 3.71. The average Bonchev–Trinajstić information content (AvgIpc) is 3.27. The van der Waals surface area contributed by atoms with E-state index in [0.29, 0.717) is 25.1 Å². The van der Waals surface area contributed by atoms with Gasteiger partial charge in [-0.3, -0.25) is 9.78 Å². The SMILES string of the molecule is O=C(NCC1(O)CCN(c2cnccn2)C1)c1ccc2c(c1)CCC2. The molecule has 1 atom stereocenters. The first-order chi connectivity index (χ1) is 12.1. The van der Waals surface area contributed by atoms with Crippen LogP contribution in [0.3, 0.4) is 0 Å². The molecule has 0 radical (unpaired) electrons. The maximum absolute atomic E-state index is 12.4. The number of nitrogens with zero attached hydrogens (tertiary/aromatic N) is 3. The van der Waals surface area contributed by atoms with E-state index in [9.17, 15) is 9.90 Å². The van der Waals surface area contributed by atoms with E-state index in [1.807, 2.05) is 17.0 Å². The van der Waals surface area contributed by atoms with Crippen LogP contribution in [-0.2, 0) is 12.8 Å². The Morgan fingerprint density at radius 2 is 2.16 bits per heavy atom. The Labute approximate surface area is 146 Å². The lowest BCUT2D eigenvalue weighted by atomic mass is 10.0. The van der Waals surface area contributed by atoms with E-state index in [1.54, 1.807) is 18.6 Å². The lowest BCUT2D eigenvalue weighted by molar-refractivity contribution is 0.0575. The lowest BCUT2D eigenvalue weighted by Crippen LogP contribution is -2.45. The van der Waals surface area contributed by atoms with Crippen molar-refractivity contribution in [3.05, 3.63) is 53.5 Å². The second-order valence-corrected chi connectivity index (χ2v) is 6.98. The zero-order valence-electron chi connectivity index (χ0n) is 14.1. The molecule has 6 nitrogen and oxygen atoms in total. The molecule has 130 valence electrons. The fraction of sp³-hybridized carbons (Fsp3) is 0.421. The van der Waals surface area contributed by atoms with Gasteiger partial charge in [-0.2, -0.15) is 0 Å². The molecule has 1 fully saturated rings. The van der Waals surface area contributed by atoms with Crippen LogP contribution in [0.15, 0.2) is 36.8 Å². The van der Waals surface area contributed by atoms with Crippen molar-refractivity contribution < 1.29 is 9.90 Å². The van der Waals surface area contributed by atoms with Crippen LogP contribution < -0.4 is 10.2 Å². The van der Waals surface area contributed by atoms with Crippen molar-refractivity contribution in [1.29, 1.82) is 0 Å². The summed E-state index contributed by atoms with van der Waals surface area (Å²) >= 11 is 0. The number of carbonyl (C=O) groups is 1. The van der Waals surface area contributed by atoms with Gasteiger partial charge in [-0.1, -0.05) is 6.07 Å². The summed E-state index contributed by atoms with van der Waals surface area (Å²) in [5.74, 6) is 0.629. The van der Waals surface area contributed by atoms with Gasteiger partial charge in [0.05, 0.1) is 6.20 Å². The molecule has 2 heterocycles. The van der Waals surface area contributed by atoms with Crippen LogP contribution in [0, 0.1) is 0 Å². The Kier molecular flexibility index (Phi) is 4.13. The normalized spacial score (nSPS) is 22.0. The topological polar surface area (TPSA) is 78.4 Å². The fourth-order valence-electron chi connectivity index (χ4n) is 3.71. The summed E-state index contributed by atoms with van der Waals surface area (Å²) in [6.45, 7) is 1.37. The molecule has 0 saturated carbocycles. The minimum Gasteiger partial charge on any atom is -0.386 e. The molecule has 1 aromatic heterocycles. The Balaban J connectivity index is 1.37. The van der Waals surface area contributed by atoms with Crippen LogP contribution in [0.25, 0.3) is 0 Å². The Morgan fingerprint density at radius 1 is 1.28 bits per heavy atom. The number of aromatic nitrogens is 2. The molecular formula is C19H22N4O2. The van der Waals surface area contributed by atoms with E-state index in [2.05, 4.69) is 21.4 Å². The minimum absolute atomic E-state index is 0.124. The van der Waals surface area contributed by atoms with Crippen molar-refractivity contribution in [3.63, 3.8) is 0 Å². The van der Waals surface area contributed by atoms with Gasteiger partial charge >= 0.3 is 0 Å². The number of hydrogen-bond donors (Lipinski definition) is 2. The number of anilines is 1. The molecule has 2 N–H and O–H groups in total. The second-order valence-electron chi connectivity index (χ2n) is 6.98. The highest BCUT2D eigenvalue weighted by molar-refractivity contribution is 5.94. The number of fused-ring (bicyclic) bond motifs is 1.